The van der Waals surface area contributed by atoms with Crippen LogP contribution in [0.15, 0.2) is 30.3 Å². The SMILES string of the molecule is CC(C)(F)F.CCCc1ccc(-n2c(C)cc(N3CCN(CCCl)C4(CC4)C3)c2CC)cc1. The smallest absolute Gasteiger partial charge is 0.242 e. The lowest BCUT2D eigenvalue weighted by Gasteiger charge is -2.43. The lowest BCUT2D eigenvalue weighted by molar-refractivity contribution is 0.0437. The van der Waals surface area contributed by atoms with Crippen LogP contribution in [0.3, 0.4) is 0 Å². The summed E-state index contributed by atoms with van der Waals surface area (Å²) in [6.07, 6.45) is 6.05. The van der Waals surface area contributed by atoms with Crippen molar-refractivity contribution in [3.05, 3.63) is 47.3 Å². The Kier molecular flexibility index (Phi) is 8.50. The monoisotopic (exact) mass is 479 g/mol. The number of hydrogen-bond acceptors (Lipinski definition) is 2. The Morgan fingerprint density at radius 2 is 1.70 bits per heavy atom. The fraction of sp³-hybridized carbons (Fsp3) is 0.630. The highest BCUT2D eigenvalue weighted by molar-refractivity contribution is 6.18. The largest absolute Gasteiger partial charge is 0.367 e. The van der Waals surface area contributed by atoms with E-state index in [-0.39, 0.29) is 0 Å². The fourth-order valence-electron chi connectivity index (χ4n) is 5.03. The van der Waals surface area contributed by atoms with Crippen LogP contribution in [-0.4, -0.2) is 53.0 Å². The van der Waals surface area contributed by atoms with E-state index in [0.29, 0.717) is 5.54 Å². The second kappa shape index (κ2) is 10.8. The van der Waals surface area contributed by atoms with Gasteiger partial charge < -0.3 is 9.47 Å². The van der Waals surface area contributed by atoms with Crippen molar-refractivity contribution in [3.8, 4) is 5.69 Å². The van der Waals surface area contributed by atoms with Crippen molar-refractivity contribution in [1.82, 2.24) is 9.47 Å². The normalized spacial score (nSPS) is 17.8. The Balaban J connectivity index is 0.000000555. The molecule has 1 aromatic heterocycles. The highest BCUT2D eigenvalue weighted by atomic mass is 35.5. The zero-order valence-corrected chi connectivity index (χ0v) is 21.7. The van der Waals surface area contributed by atoms with Crippen LogP contribution >= 0.6 is 11.6 Å². The third-order valence-electron chi connectivity index (χ3n) is 6.65. The molecule has 184 valence electrons. The molecule has 0 unspecified atom stereocenters. The minimum Gasteiger partial charge on any atom is -0.367 e. The quantitative estimate of drug-likeness (QED) is 0.402. The van der Waals surface area contributed by atoms with Gasteiger partial charge in [-0.1, -0.05) is 32.4 Å². The summed E-state index contributed by atoms with van der Waals surface area (Å²) >= 11 is 6.06. The summed E-state index contributed by atoms with van der Waals surface area (Å²) in [5, 5.41) is 0. The lowest BCUT2D eigenvalue weighted by atomic mass is 10.1. The predicted octanol–water partition coefficient (Wildman–Crippen LogP) is 6.86. The predicted molar refractivity (Wildman–Crippen MR) is 137 cm³/mol. The van der Waals surface area contributed by atoms with Crippen molar-refractivity contribution in [2.75, 3.05) is 37.0 Å². The van der Waals surface area contributed by atoms with Gasteiger partial charge in [-0.25, -0.2) is 8.78 Å². The summed E-state index contributed by atoms with van der Waals surface area (Å²) in [4.78, 5) is 5.28. The van der Waals surface area contributed by atoms with Gasteiger partial charge in [0.25, 0.3) is 0 Å². The minimum atomic E-state index is -2.50. The zero-order valence-electron chi connectivity index (χ0n) is 20.9. The summed E-state index contributed by atoms with van der Waals surface area (Å²) in [6, 6.07) is 11.6. The summed E-state index contributed by atoms with van der Waals surface area (Å²) in [7, 11) is 0. The first-order chi connectivity index (χ1) is 15.6. The van der Waals surface area contributed by atoms with E-state index in [0.717, 1.165) is 58.7 Å². The van der Waals surface area contributed by atoms with Crippen LogP contribution in [0.5, 0.6) is 0 Å². The first-order valence-corrected chi connectivity index (χ1v) is 12.9. The number of halogens is 3. The van der Waals surface area contributed by atoms with Crippen LogP contribution in [0.25, 0.3) is 5.69 Å². The van der Waals surface area contributed by atoms with Gasteiger partial charge in [-0.3, -0.25) is 4.90 Å². The number of alkyl halides is 3. The maximum atomic E-state index is 11.0. The molecule has 2 heterocycles. The molecule has 0 bridgehead atoms. The Hall–Kier alpha value is -1.59. The second-order valence-electron chi connectivity index (χ2n) is 9.87. The number of aryl methyl sites for hydroxylation is 2. The molecule has 1 aliphatic carbocycles. The molecular formula is C27H40ClF2N3. The molecule has 0 amide bonds. The number of benzene rings is 1. The molecule has 4 rings (SSSR count). The van der Waals surface area contributed by atoms with E-state index in [4.69, 9.17) is 11.6 Å². The molecule has 2 fully saturated rings. The standard InChI is InChI=1S/C24H34ClN3.C3H6F2/c1-4-6-20-7-9-21(10-8-20)28-19(3)17-23(22(28)5-2)26-15-16-27(14-13-25)24(18-26)11-12-24;1-3(2,4)5/h7-10,17H,4-6,11-16,18H2,1-3H3;1-2H3. The van der Waals surface area contributed by atoms with Crippen LogP contribution in [0.2, 0.25) is 0 Å². The van der Waals surface area contributed by atoms with E-state index >= 15 is 0 Å². The molecule has 0 N–H and O–H groups in total. The molecule has 1 spiro atoms. The average molecular weight is 480 g/mol. The summed E-state index contributed by atoms with van der Waals surface area (Å²) in [6.45, 7) is 12.9. The average Bonchev–Trinajstić information content (AvgIpc) is 3.43. The van der Waals surface area contributed by atoms with Gasteiger partial charge in [0.1, 0.15) is 0 Å². The van der Waals surface area contributed by atoms with Crippen molar-refractivity contribution in [3.63, 3.8) is 0 Å². The van der Waals surface area contributed by atoms with Crippen molar-refractivity contribution >= 4 is 17.3 Å². The van der Waals surface area contributed by atoms with Gasteiger partial charge in [-0.05, 0) is 70.2 Å². The van der Waals surface area contributed by atoms with E-state index in [1.54, 1.807) is 0 Å². The number of hydrogen-bond donors (Lipinski definition) is 0. The van der Waals surface area contributed by atoms with Gasteiger partial charge in [-0.2, -0.15) is 0 Å². The number of anilines is 1. The van der Waals surface area contributed by atoms with Crippen LogP contribution in [0, 0.1) is 6.92 Å². The molecule has 1 aromatic carbocycles. The van der Waals surface area contributed by atoms with Gasteiger partial charge in [0.05, 0.1) is 5.69 Å². The van der Waals surface area contributed by atoms with Crippen molar-refractivity contribution in [1.29, 1.82) is 0 Å². The van der Waals surface area contributed by atoms with Crippen molar-refractivity contribution in [2.24, 2.45) is 0 Å². The highest BCUT2D eigenvalue weighted by Gasteiger charge is 2.51. The molecule has 1 saturated heterocycles. The van der Waals surface area contributed by atoms with Crippen LogP contribution in [-0.2, 0) is 12.8 Å². The maximum absolute atomic E-state index is 11.0. The molecule has 3 nitrogen and oxygen atoms in total. The zero-order chi connectivity index (χ0) is 24.2. The highest BCUT2D eigenvalue weighted by Crippen LogP contribution is 2.45. The molecule has 33 heavy (non-hydrogen) atoms. The van der Waals surface area contributed by atoms with E-state index in [9.17, 15) is 8.78 Å². The van der Waals surface area contributed by atoms with E-state index < -0.39 is 5.92 Å². The van der Waals surface area contributed by atoms with E-state index in [1.807, 2.05) is 0 Å². The van der Waals surface area contributed by atoms with Crippen molar-refractivity contribution < 1.29 is 8.78 Å². The van der Waals surface area contributed by atoms with Gasteiger partial charge in [0.15, 0.2) is 0 Å². The fourth-order valence-corrected chi connectivity index (χ4v) is 5.24. The summed E-state index contributed by atoms with van der Waals surface area (Å²) in [5.74, 6) is -1.76. The van der Waals surface area contributed by atoms with E-state index in [1.165, 1.54) is 47.6 Å². The van der Waals surface area contributed by atoms with Crippen molar-refractivity contribution in [2.45, 2.75) is 78.2 Å². The minimum absolute atomic E-state index is 0.385. The van der Waals surface area contributed by atoms with Gasteiger partial charge in [-0.15, -0.1) is 11.6 Å². The molecule has 6 heteroatoms. The first-order valence-electron chi connectivity index (χ1n) is 12.4. The first kappa shape index (κ1) is 26.0. The van der Waals surface area contributed by atoms with E-state index in [2.05, 4.69) is 65.5 Å². The Labute approximate surface area is 203 Å². The number of rotatable bonds is 7. The molecule has 2 aliphatic rings. The van der Waals surface area contributed by atoms with Crippen LogP contribution in [0.1, 0.15) is 63.9 Å². The van der Waals surface area contributed by atoms with Crippen LogP contribution < -0.4 is 4.90 Å². The van der Waals surface area contributed by atoms with Gasteiger partial charge in [0, 0.05) is 54.7 Å². The van der Waals surface area contributed by atoms with Gasteiger partial charge in [0.2, 0.25) is 5.92 Å². The third kappa shape index (κ3) is 6.51. The second-order valence-corrected chi connectivity index (χ2v) is 10.3. The van der Waals surface area contributed by atoms with Crippen LogP contribution in [0.4, 0.5) is 14.5 Å². The topological polar surface area (TPSA) is 11.4 Å². The third-order valence-corrected chi connectivity index (χ3v) is 6.82. The maximum Gasteiger partial charge on any atom is 0.242 e. The lowest BCUT2D eigenvalue weighted by Crippen LogP contribution is -2.55. The molecule has 0 radical (unpaired) electrons. The summed E-state index contributed by atoms with van der Waals surface area (Å²) < 4.78 is 24.5. The molecule has 1 saturated carbocycles. The van der Waals surface area contributed by atoms with Gasteiger partial charge >= 0.3 is 0 Å². The molecule has 2 aromatic rings. The molecule has 1 aliphatic heterocycles. The molecule has 0 atom stereocenters. The molecular weight excluding hydrogens is 440 g/mol. The Morgan fingerprint density at radius 1 is 1.06 bits per heavy atom. The summed E-state index contributed by atoms with van der Waals surface area (Å²) in [5.41, 5.74) is 7.33. The number of piperazine rings is 1. The Bertz CT molecular complexity index is 891. The number of aromatic nitrogens is 1. The number of nitrogens with zero attached hydrogens (tertiary/aromatic N) is 3. The Morgan fingerprint density at radius 3 is 2.21 bits per heavy atom.